The number of hydrogen-bond donors (Lipinski definition) is 0. The molecule has 0 aliphatic rings. The van der Waals surface area contributed by atoms with E-state index in [1.807, 2.05) is 6.92 Å². The Labute approximate surface area is 110 Å². The van der Waals surface area contributed by atoms with E-state index < -0.39 is 0 Å². The molecule has 92 valence electrons. The number of carbonyl (C=O) groups is 1. The second-order valence-electron chi connectivity index (χ2n) is 3.90. The summed E-state index contributed by atoms with van der Waals surface area (Å²) in [7, 11) is 1.54. The quantitative estimate of drug-likeness (QED) is 0.796. The van der Waals surface area contributed by atoms with Crippen LogP contribution in [0.4, 0.5) is 0 Å². The van der Waals surface area contributed by atoms with E-state index in [1.54, 1.807) is 37.6 Å². The van der Waals surface area contributed by atoms with Gasteiger partial charge in [0.2, 0.25) is 0 Å². The highest BCUT2D eigenvalue weighted by molar-refractivity contribution is 6.30. The summed E-state index contributed by atoms with van der Waals surface area (Å²) in [5.74, 6) is 0.475. The lowest BCUT2D eigenvalue weighted by atomic mass is 10.0. The van der Waals surface area contributed by atoms with Gasteiger partial charge in [-0.15, -0.1) is 0 Å². The lowest BCUT2D eigenvalue weighted by molar-refractivity contribution is 0.103. The molecule has 0 bridgehead atoms. The fraction of sp³-hybridized carbons (Fsp3) is 0.143. The van der Waals surface area contributed by atoms with Crippen LogP contribution in [0, 0.1) is 6.92 Å². The standard InChI is InChI=1S/C14H12ClNO2/c1-9-5-11(15)3-4-13(9)14(17)10-6-12(18-2)8-16-7-10/h3-8H,1-2H3. The van der Waals surface area contributed by atoms with Crippen LogP contribution < -0.4 is 4.74 Å². The molecule has 0 saturated heterocycles. The van der Waals surface area contributed by atoms with Gasteiger partial charge in [0.05, 0.1) is 13.3 Å². The van der Waals surface area contributed by atoms with Crippen LogP contribution in [0.2, 0.25) is 5.02 Å². The zero-order chi connectivity index (χ0) is 13.1. The first-order valence-electron chi connectivity index (χ1n) is 5.41. The van der Waals surface area contributed by atoms with Crippen molar-refractivity contribution in [3.63, 3.8) is 0 Å². The highest BCUT2D eigenvalue weighted by Gasteiger charge is 2.13. The molecule has 0 fully saturated rings. The lowest BCUT2D eigenvalue weighted by Gasteiger charge is -2.06. The molecule has 0 atom stereocenters. The Bertz CT molecular complexity index is 596. The maximum absolute atomic E-state index is 12.3. The van der Waals surface area contributed by atoms with E-state index in [-0.39, 0.29) is 5.78 Å². The number of aromatic nitrogens is 1. The maximum Gasteiger partial charge on any atom is 0.194 e. The van der Waals surface area contributed by atoms with Crippen molar-refractivity contribution in [2.75, 3.05) is 7.11 Å². The molecule has 4 heteroatoms. The average molecular weight is 262 g/mol. The molecule has 2 rings (SSSR count). The van der Waals surface area contributed by atoms with Crippen LogP contribution in [0.15, 0.2) is 36.7 Å². The fourth-order valence-corrected chi connectivity index (χ4v) is 1.92. The molecule has 0 unspecified atom stereocenters. The molecule has 0 N–H and O–H groups in total. The van der Waals surface area contributed by atoms with Crippen LogP contribution in [0.1, 0.15) is 21.5 Å². The van der Waals surface area contributed by atoms with Gasteiger partial charge in [0, 0.05) is 22.3 Å². The van der Waals surface area contributed by atoms with E-state index in [9.17, 15) is 4.79 Å². The summed E-state index contributed by atoms with van der Waals surface area (Å²) in [6.07, 6.45) is 3.09. The zero-order valence-electron chi connectivity index (χ0n) is 10.1. The minimum Gasteiger partial charge on any atom is -0.495 e. The van der Waals surface area contributed by atoms with Crippen LogP contribution in [-0.2, 0) is 0 Å². The summed E-state index contributed by atoms with van der Waals surface area (Å²) in [5, 5.41) is 0.618. The molecule has 0 aliphatic carbocycles. The molecule has 0 spiro atoms. The lowest BCUT2D eigenvalue weighted by Crippen LogP contribution is -2.04. The number of rotatable bonds is 3. The van der Waals surface area contributed by atoms with Gasteiger partial charge in [0.1, 0.15) is 5.75 Å². The van der Waals surface area contributed by atoms with Crippen molar-refractivity contribution in [2.45, 2.75) is 6.92 Å². The van der Waals surface area contributed by atoms with Crippen LogP contribution in [0.5, 0.6) is 5.75 Å². The number of hydrogen-bond acceptors (Lipinski definition) is 3. The maximum atomic E-state index is 12.3. The molecular formula is C14H12ClNO2. The molecule has 1 aromatic heterocycles. The number of pyridine rings is 1. The molecule has 0 radical (unpaired) electrons. The first kappa shape index (κ1) is 12.6. The van der Waals surface area contributed by atoms with Crippen molar-refractivity contribution in [2.24, 2.45) is 0 Å². The Kier molecular flexibility index (Phi) is 3.63. The van der Waals surface area contributed by atoms with Gasteiger partial charge in [-0.05, 0) is 36.8 Å². The molecule has 1 heterocycles. The van der Waals surface area contributed by atoms with Gasteiger partial charge < -0.3 is 4.74 Å². The van der Waals surface area contributed by atoms with Crippen molar-refractivity contribution in [1.29, 1.82) is 0 Å². The van der Waals surface area contributed by atoms with Crippen LogP contribution in [0.3, 0.4) is 0 Å². The number of nitrogens with zero attached hydrogens (tertiary/aromatic N) is 1. The van der Waals surface area contributed by atoms with Crippen LogP contribution in [-0.4, -0.2) is 17.9 Å². The number of ketones is 1. The monoisotopic (exact) mass is 261 g/mol. The largest absolute Gasteiger partial charge is 0.495 e. The zero-order valence-corrected chi connectivity index (χ0v) is 10.9. The highest BCUT2D eigenvalue weighted by Crippen LogP contribution is 2.20. The van der Waals surface area contributed by atoms with Crippen LogP contribution >= 0.6 is 11.6 Å². The summed E-state index contributed by atoms with van der Waals surface area (Å²) in [5.41, 5.74) is 1.96. The Morgan fingerprint density at radius 3 is 2.72 bits per heavy atom. The second kappa shape index (κ2) is 5.19. The van der Waals surface area contributed by atoms with E-state index in [2.05, 4.69) is 4.98 Å². The Hall–Kier alpha value is -1.87. The van der Waals surface area contributed by atoms with Gasteiger partial charge >= 0.3 is 0 Å². The first-order valence-corrected chi connectivity index (χ1v) is 5.79. The molecule has 2 aromatic rings. The van der Waals surface area contributed by atoms with E-state index in [4.69, 9.17) is 16.3 Å². The SMILES string of the molecule is COc1cncc(C(=O)c2ccc(Cl)cc2C)c1. The number of methoxy groups -OCH3 is 1. The number of carbonyl (C=O) groups excluding carboxylic acids is 1. The Morgan fingerprint density at radius 1 is 1.28 bits per heavy atom. The van der Waals surface area contributed by atoms with Crippen LogP contribution in [0.25, 0.3) is 0 Å². The van der Waals surface area contributed by atoms with Crippen molar-refractivity contribution in [3.05, 3.63) is 58.4 Å². The Balaban J connectivity index is 2.41. The van der Waals surface area contributed by atoms with Crippen molar-refractivity contribution in [3.8, 4) is 5.75 Å². The number of aryl methyl sites for hydroxylation is 1. The minimum atomic E-state index is -0.0874. The fourth-order valence-electron chi connectivity index (χ4n) is 1.69. The topological polar surface area (TPSA) is 39.2 Å². The van der Waals surface area contributed by atoms with Gasteiger partial charge in [-0.3, -0.25) is 9.78 Å². The average Bonchev–Trinajstić information content (AvgIpc) is 2.38. The van der Waals surface area contributed by atoms with E-state index in [0.29, 0.717) is 21.9 Å². The molecule has 0 aliphatic heterocycles. The van der Waals surface area contributed by atoms with Gasteiger partial charge in [-0.2, -0.15) is 0 Å². The second-order valence-corrected chi connectivity index (χ2v) is 4.34. The molecule has 1 aromatic carbocycles. The van der Waals surface area contributed by atoms with E-state index >= 15 is 0 Å². The van der Waals surface area contributed by atoms with Gasteiger partial charge in [0.15, 0.2) is 5.78 Å². The molecular weight excluding hydrogens is 250 g/mol. The molecule has 18 heavy (non-hydrogen) atoms. The third-order valence-electron chi connectivity index (χ3n) is 2.64. The summed E-state index contributed by atoms with van der Waals surface area (Å²) >= 11 is 5.87. The predicted molar refractivity (Wildman–Crippen MR) is 70.4 cm³/mol. The third kappa shape index (κ3) is 2.51. The molecule has 3 nitrogen and oxygen atoms in total. The van der Waals surface area contributed by atoms with E-state index in [1.165, 1.54) is 6.20 Å². The summed E-state index contributed by atoms with van der Waals surface area (Å²) in [6.45, 7) is 1.85. The van der Waals surface area contributed by atoms with E-state index in [0.717, 1.165) is 5.56 Å². The number of benzene rings is 1. The van der Waals surface area contributed by atoms with Crippen molar-refractivity contribution < 1.29 is 9.53 Å². The van der Waals surface area contributed by atoms with Gasteiger partial charge in [0.25, 0.3) is 0 Å². The third-order valence-corrected chi connectivity index (χ3v) is 2.88. The smallest absolute Gasteiger partial charge is 0.194 e. The number of halogens is 1. The van der Waals surface area contributed by atoms with Crippen molar-refractivity contribution in [1.82, 2.24) is 4.98 Å². The highest BCUT2D eigenvalue weighted by atomic mass is 35.5. The first-order chi connectivity index (χ1) is 8.61. The van der Waals surface area contributed by atoms with Gasteiger partial charge in [-0.1, -0.05) is 11.6 Å². The Morgan fingerprint density at radius 2 is 2.06 bits per heavy atom. The summed E-state index contributed by atoms with van der Waals surface area (Å²) < 4.78 is 5.05. The molecule has 0 amide bonds. The van der Waals surface area contributed by atoms with Gasteiger partial charge in [-0.25, -0.2) is 0 Å². The predicted octanol–water partition coefficient (Wildman–Crippen LogP) is 3.28. The summed E-state index contributed by atoms with van der Waals surface area (Å²) in [4.78, 5) is 16.3. The summed E-state index contributed by atoms with van der Waals surface area (Å²) in [6, 6.07) is 6.86. The minimum absolute atomic E-state index is 0.0874. The number of ether oxygens (including phenoxy) is 1. The molecule has 0 saturated carbocycles. The van der Waals surface area contributed by atoms with Crippen molar-refractivity contribution >= 4 is 17.4 Å². The normalized spacial score (nSPS) is 10.2.